The Balaban J connectivity index is 2.62. The number of aromatic nitrogens is 1. The van der Waals surface area contributed by atoms with Crippen LogP contribution >= 0.6 is 24.2 Å². The molecular formula is C11H5BrF2N2O3P+. The SMILES string of the molecule is N#Cc1ccc2cc(Br)c(C(F)(F)O[P+](=O)O)cc2n1. The lowest BCUT2D eigenvalue weighted by atomic mass is 10.1. The molecule has 0 radical (unpaired) electrons. The Bertz CT molecular complexity index is 748. The maximum Gasteiger partial charge on any atom is 0.701 e. The Morgan fingerprint density at radius 1 is 1.45 bits per heavy atom. The molecule has 1 atom stereocenters. The zero-order valence-corrected chi connectivity index (χ0v) is 12.0. The number of alkyl halides is 2. The van der Waals surface area contributed by atoms with Gasteiger partial charge in [-0.2, -0.15) is 14.0 Å². The molecule has 0 aliphatic carbocycles. The maximum atomic E-state index is 13.7. The Hall–Kier alpha value is -1.52. The van der Waals surface area contributed by atoms with Gasteiger partial charge in [-0.1, -0.05) is 15.9 Å². The van der Waals surface area contributed by atoms with E-state index in [0.717, 1.165) is 6.07 Å². The molecule has 0 spiro atoms. The summed E-state index contributed by atoms with van der Waals surface area (Å²) in [7, 11) is -3.47. The van der Waals surface area contributed by atoms with Gasteiger partial charge in [0.1, 0.15) is 11.8 Å². The van der Waals surface area contributed by atoms with E-state index in [4.69, 9.17) is 10.2 Å². The number of rotatable bonds is 3. The molecule has 5 nitrogen and oxygen atoms in total. The Morgan fingerprint density at radius 3 is 2.75 bits per heavy atom. The number of fused-ring (bicyclic) bond motifs is 1. The number of nitrogens with zero attached hydrogens (tertiary/aromatic N) is 2. The summed E-state index contributed by atoms with van der Waals surface area (Å²) < 4.78 is 41.5. The molecule has 1 unspecified atom stereocenters. The van der Waals surface area contributed by atoms with Crippen LogP contribution in [0.1, 0.15) is 11.3 Å². The van der Waals surface area contributed by atoms with Gasteiger partial charge in [0.25, 0.3) is 0 Å². The van der Waals surface area contributed by atoms with Gasteiger partial charge in [0, 0.05) is 14.4 Å². The van der Waals surface area contributed by atoms with E-state index >= 15 is 0 Å². The molecule has 0 aliphatic rings. The molecule has 1 heterocycles. The van der Waals surface area contributed by atoms with Crippen LogP contribution in [0.15, 0.2) is 28.7 Å². The monoisotopic (exact) mass is 361 g/mol. The molecule has 0 amide bonds. The van der Waals surface area contributed by atoms with Crippen LogP contribution in [0.2, 0.25) is 0 Å². The van der Waals surface area contributed by atoms with Gasteiger partial charge in [-0.05, 0) is 28.8 Å². The summed E-state index contributed by atoms with van der Waals surface area (Å²) in [5, 5.41) is 9.26. The van der Waals surface area contributed by atoms with Crippen LogP contribution in [0, 0.1) is 11.3 Å². The van der Waals surface area contributed by atoms with E-state index in [1.165, 1.54) is 12.1 Å². The molecule has 0 fully saturated rings. The second-order valence-electron chi connectivity index (χ2n) is 3.68. The number of pyridine rings is 1. The van der Waals surface area contributed by atoms with Crippen LogP contribution in [0.5, 0.6) is 0 Å². The summed E-state index contributed by atoms with van der Waals surface area (Å²) in [5.74, 6) is 0. The molecule has 0 saturated carbocycles. The minimum absolute atomic E-state index is 0.00152. The highest BCUT2D eigenvalue weighted by molar-refractivity contribution is 9.10. The molecule has 1 aromatic heterocycles. The highest BCUT2D eigenvalue weighted by atomic mass is 79.9. The van der Waals surface area contributed by atoms with Gasteiger partial charge in [-0.15, -0.1) is 4.89 Å². The zero-order chi connectivity index (χ0) is 14.9. The third-order valence-electron chi connectivity index (χ3n) is 2.40. The molecule has 2 rings (SSSR count). The topological polar surface area (TPSA) is 83.2 Å². The lowest BCUT2D eigenvalue weighted by Crippen LogP contribution is -2.15. The van der Waals surface area contributed by atoms with E-state index in [0.29, 0.717) is 5.39 Å². The Kier molecular flexibility index (Phi) is 4.06. The predicted octanol–water partition coefficient (Wildman–Crippen LogP) is 3.58. The average molecular weight is 362 g/mol. The number of hydrogen-bond acceptors (Lipinski definition) is 4. The molecule has 0 bridgehead atoms. The summed E-state index contributed by atoms with van der Waals surface area (Å²) in [6.45, 7) is 0. The second kappa shape index (κ2) is 5.46. The van der Waals surface area contributed by atoms with E-state index < -0.39 is 19.9 Å². The van der Waals surface area contributed by atoms with Crippen molar-refractivity contribution in [3.63, 3.8) is 0 Å². The summed E-state index contributed by atoms with van der Waals surface area (Å²) >= 11 is 2.95. The van der Waals surface area contributed by atoms with Crippen LogP contribution in [-0.2, 0) is 15.2 Å². The Labute approximate surface area is 120 Å². The van der Waals surface area contributed by atoms with Crippen molar-refractivity contribution in [2.45, 2.75) is 6.11 Å². The largest absolute Gasteiger partial charge is 0.701 e. The third kappa shape index (κ3) is 2.97. The summed E-state index contributed by atoms with van der Waals surface area (Å²) in [6, 6.07) is 7.17. The van der Waals surface area contributed by atoms with Gasteiger partial charge in [-0.25, -0.2) is 4.98 Å². The molecule has 0 saturated heterocycles. The van der Waals surface area contributed by atoms with Gasteiger partial charge >= 0.3 is 14.4 Å². The first-order valence-corrected chi connectivity index (χ1v) is 7.00. The first-order valence-electron chi connectivity index (χ1n) is 5.07. The molecule has 102 valence electrons. The van der Waals surface area contributed by atoms with Gasteiger partial charge in [0.2, 0.25) is 0 Å². The summed E-state index contributed by atoms with van der Waals surface area (Å²) in [6.07, 6.45) is -3.96. The van der Waals surface area contributed by atoms with Crippen LogP contribution in [-0.4, -0.2) is 9.88 Å². The van der Waals surface area contributed by atoms with Crippen LogP contribution < -0.4 is 0 Å². The smallest absolute Gasteiger partial charge is 0.237 e. The van der Waals surface area contributed by atoms with Crippen molar-refractivity contribution in [1.82, 2.24) is 4.98 Å². The van der Waals surface area contributed by atoms with E-state index in [2.05, 4.69) is 25.4 Å². The maximum absolute atomic E-state index is 13.7. The lowest BCUT2D eigenvalue weighted by molar-refractivity contribution is -0.186. The van der Waals surface area contributed by atoms with Crippen molar-refractivity contribution < 1.29 is 22.8 Å². The zero-order valence-electron chi connectivity index (χ0n) is 9.55. The second-order valence-corrected chi connectivity index (χ2v) is 5.19. The van der Waals surface area contributed by atoms with Crippen molar-refractivity contribution in [2.24, 2.45) is 0 Å². The van der Waals surface area contributed by atoms with Crippen molar-refractivity contribution >= 4 is 35.1 Å². The van der Waals surface area contributed by atoms with Gasteiger partial charge in [0.05, 0.1) is 11.1 Å². The predicted molar refractivity (Wildman–Crippen MR) is 69.0 cm³/mol. The van der Waals surface area contributed by atoms with Crippen molar-refractivity contribution in [3.8, 4) is 6.07 Å². The standard InChI is InChI=1S/C11H4BrF2N2O3P/c12-9-3-6-1-2-7(5-15)16-10(6)4-8(9)11(13,14)19-20(17)18/h1-4H/p+1. The first kappa shape index (κ1) is 14.9. The number of benzene rings is 1. The van der Waals surface area contributed by atoms with Gasteiger partial charge < -0.3 is 0 Å². The van der Waals surface area contributed by atoms with E-state index in [9.17, 15) is 13.3 Å². The van der Waals surface area contributed by atoms with Gasteiger partial charge in [0.15, 0.2) is 0 Å². The average Bonchev–Trinajstić information content (AvgIpc) is 2.35. The van der Waals surface area contributed by atoms with Crippen molar-refractivity contribution in [3.05, 3.63) is 40.0 Å². The summed E-state index contributed by atoms with van der Waals surface area (Å²) in [4.78, 5) is 12.4. The van der Waals surface area contributed by atoms with Crippen LogP contribution in [0.3, 0.4) is 0 Å². The Morgan fingerprint density at radius 2 is 2.15 bits per heavy atom. The highest BCUT2D eigenvalue weighted by Gasteiger charge is 2.44. The first-order chi connectivity index (χ1) is 9.33. The number of nitriles is 1. The fourth-order valence-electron chi connectivity index (χ4n) is 1.58. The van der Waals surface area contributed by atoms with Gasteiger partial charge in [-0.3, -0.25) is 0 Å². The van der Waals surface area contributed by atoms with Crippen LogP contribution in [0.4, 0.5) is 8.78 Å². The van der Waals surface area contributed by atoms with E-state index in [1.54, 1.807) is 12.1 Å². The molecular weight excluding hydrogens is 357 g/mol. The van der Waals surface area contributed by atoms with E-state index in [-0.39, 0.29) is 15.7 Å². The number of halogens is 3. The molecule has 9 heteroatoms. The molecule has 0 aliphatic heterocycles. The minimum atomic E-state index is -3.96. The minimum Gasteiger partial charge on any atom is -0.237 e. The molecule has 2 aromatic rings. The fraction of sp³-hybridized carbons (Fsp3) is 0.0909. The van der Waals surface area contributed by atoms with Crippen molar-refractivity contribution in [1.29, 1.82) is 5.26 Å². The van der Waals surface area contributed by atoms with E-state index in [1.807, 2.05) is 0 Å². The summed E-state index contributed by atoms with van der Waals surface area (Å²) in [5.41, 5.74) is -0.424. The van der Waals surface area contributed by atoms with Crippen LogP contribution in [0.25, 0.3) is 10.9 Å². The normalized spacial score (nSPS) is 12.2. The van der Waals surface area contributed by atoms with Crippen molar-refractivity contribution in [2.75, 3.05) is 0 Å². The quantitative estimate of drug-likeness (QED) is 0.844. The third-order valence-corrected chi connectivity index (χ3v) is 3.44. The molecule has 1 aromatic carbocycles. The molecule has 20 heavy (non-hydrogen) atoms. The molecule has 1 N–H and O–H groups in total. The number of hydrogen-bond donors (Lipinski definition) is 1. The fourth-order valence-corrected chi connectivity index (χ4v) is 2.46. The highest BCUT2D eigenvalue weighted by Crippen LogP contribution is 2.41. The lowest BCUT2D eigenvalue weighted by Gasteiger charge is -2.12.